The van der Waals surface area contributed by atoms with E-state index in [0.29, 0.717) is 12.2 Å². The molecule has 5 nitrogen and oxygen atoms in total. The van der Waals surface area contributed by atoms with E-state index >= 15 is 0 Å². The van der Waals surface area contributed by atoms with Crippen LogP contribution >= 0.6 is 0 Å². The quantitative estimate of drug-likeness (QED) is 0.856. The van der Waals surface area contributed by atoms with Crippen LogP contribution in [0.1, 0.15) is 21.6 Å². The Balaban J connectivity index is 2.04. The smallest absolute Gasteiger partial charge is 0.272 e. The maximum absolute atomic E-state index is 12.3. The van der Waals surface area contributed by atoms with Crippen molar-refractivity contribution in [3.05, 3.63) is 53.3 Å². The molecule has 0 spiro atoms. The van der Waals surface area contributed by atoms with Gasteiger partial charge in [-0.15, -0.1) is 0 Å². The first kappa shape index (κ1) is 14.8. The zero-order valence-electron chi connectivity index (χ0n) is 12.1. The van der Waals surface area contributed by atoms with Crippen LogP contribution in [0.15, 0.2) is 36.5 Å². The molecule has 1 heterocycles. The SMILES string of the molecule is CN(Cc1ccc(C#CCO)cc1)C(=O)c1ccnn1C. The van der Waals surface area contributed by atoms with Crippen molar-refractivity contribution in [1.29, 1.82) is 0 Å². The van der Waals surface area contributed by atoms with Gasteiger partial charge in [0.25, 0.3) is 5.91 Å². The molecule has 0 saturated carbocycles. The molecule has 0 aliphatic heterocycles. The number of hydrogen-bond donors (Lipinski definition) is 1. The van der Waals surface area contributed by atoms with Crippen LogP contribution in [0.4, 0.5) is 0 Å². The lowest BCUT2D eigenvalue weighted by molar-refractivity contribution is 0.0774. The summed E-state index contributed by atoms with van der Waals surface area (Å²) in [4.78, 5) is 13.9. The molecule has 0 fully saturated rings. The summed E-state index contributed by atoms with van der Waals surface area (Å²) in [5.41, 5.74) is 2.42. The summed E-state index contributed by atoms with van der Waals surface area (Å²) in [6.07, 6.45) is 1.61. The molecule has 2 aromatic rings. The van der Waals surface area contributed by atoms with Gasteiger partial charge in [0.2, 0.25) is 0 Å². The van der Waals surface area contributed by atoms with E-state index < -0.39 is 0 Å². The highest BCUT2D eigenvalue weighted by molar-refractivity contribution is 5.92. The first-order chi connectivity index (χ1) is 10.1. The monoisotopic (exact) mass is 283 g/mol. The Morgan fingerprint density at radius 3 is 2.62 bits per heavy atom. The zero-order chi connectivity index (χ0) is 15.2. The molecule has 21 heavy (non-hydrogen) atoms. The van der Waals surface area contributed by atoms with Crippen molar-refractivity contribution in [3.63, 3.8) is 0 Å². The second-order valence-electron chi connectivity index (χ2n) is 4.66. The molecule has 2 rings (SSSR count). The molecule has 0 saturated heterocycles. The first-order valence-corrected chi connectivity index (χ1v) is 6.54. The maximum atomic E-state index is 12.3. The van der Waals surface area contributed by atoms with Gasteiger partial charge in [-0.3, -0.25) is 9.48 Å². The molecule has 108 valence electrons. The number of aliphatic hydroxyl groups is 1. The molecule has 0 aliphatic rings. The van der Waals surface area contributed by atoms with Gasteiger partial charge in [0.05, 0.1) is 0 Å². The molecule has 1 N–H and O–H groups in total. The summed E-state index contributed by atoms with van der Waals surface area (Å²) in [6.45, 7) is 0.363. The van der Waals surface area contributed by atoms with Crippen LogP contribution in [-0.4, -0.2) is 39.3 Å². The predicted octanol–water partition coefficient (Wildman–Crippen LogP) is 1.04. The van der Waals surface area contributed by atoms with Crippen molar-refractivity contribution in [2.75, 3.05) is 13.7 Å². The van der Waals surface area contributed by atoms with Crippen LogP contribution in [0.2, 0.25) is 0 Å². The normalized spacial score (nSPS) is 9.86. The summed E-state index contributed by atoms with van der Waals surface area (Å²) in [5.74, 6) is 5.36. The molecule has 0 unspecified atom stereocenters. The summed E-state index contributed by atoms with van der Waals surface area (Å²) in [6, 6.07) is 9.30. The summed E-state index contributed by atoms with van der Waals surface area (Å²) in [5, 5.41) is 12.7. The lowest BCUT2D eigenvalue weighted by Gasteiger charge is -2.17. The van der Waals surface area contributed by atoms with Crippen LogP contribution in [0, 0.1) is 11.8 Å². The van der Waals surface area contributed by atoms with Gasteiger partial charge in [-0.2, -0.15) is 5.10 Å². The number of benzene rings is 1. The van der Waals surface area contributed by atoms with E-state index in [-0.39, 0.29) is 12.5 Å². The van der Waals surface area contributed by atoms with Gasteiger partial charge in [0, 0.05) is 32.4 Å². The standard InChI is InChI=1S/C16H17N3O2/c1-18(16(21)15-9-10-17-19(15)2)12-14-7-5-13(6-8-14)4-3-11-20/h5-10,20H,11-12H2,1-2H3. The molecule has 0 aliphatic carbocycles. The first-order valence-electron chi connectivity index (χ1n) is 6.54. The number of aryl methyl sites for hydroxylation is 1. The highest BCUT2D eigenvalue weighted by atomic mass is 16.2. The van der Waals surface area contributed by atoms with E-state index in [9.17, 15) is 4.79 Å². The second-order valence-corrected chi connectivity index (χ2v) is 4.66. The molecule has 1 aromatic heterocycles. The number of carbonyl (C=O) groups excluding carboxylic acids is 1. The van der Waals surface area contributed by atoms with Crippen molar-refractivity contribution in [3.8, 4) is 11.8 Å². The number of nitrogens with zero attached hydrogens (tertiary/aromatic N) is 3. The Kier molecular flexibility index (Phi) is 4.75. The topological polar surface area (TPSA) is 58.4 Å². The highest BCUT2D eigenvalue weighted by Gasteiger charge is 2.15. The van der Waals surface area contributed by atoms with E-state index in [2.05, 4.69) is 16.9 Å². The number of amides is 1. The number of aliphatic hydroxyl groups excluding tert-OH is 1. The molecule has 0 radical (unpaired) electrons. The van der Waals surface area contributed by atoms with Crippen LogP contribution in [0.25, 0.3) is 0 Å². The molecule has 5 heteroatoms. The summed E-state index contributed by atoms with van der Waals surface area (Å²) < 4.78 is 1.56. The number of rotatable bonds is 3. The van der Waals surface area contributed by atoms with Crippen LogP contribution in [0.5, 0.6) is 0 Å². The van der Waals surface area contributed by atoms with Crippen molar-refractivity contribution >= 4 is 5.91 Å². The minimum atomic E-state index is -0.149. The number of hydrogen-bond acceptors (Lipinski definition) is 3. The molecule has 1 amide bonds. The molecule has 1 aromatic carbocycles. The van der Waals surface area contributed by atoms with E-state index in [4.69, 9.17) is 5.11 Å². The van der Waals surface area contributed by atoms with Crippen LogP contribution in [0.3, 0.4) is 0 Å². The predicted molar refractivity (Wildman–Crippen MR) is 79.4 cm³/mol. The van der Waals surface area contributed by atoms with E-state index in [1.54, 1.807) is 35.9 Å². The van der Waals surface area contributed by atoms with Crippen molar-refractivity contribution in [2.45, 2.75) is 6.54 Å². The Morgan fingerprint density at radius 2 is 2.05 bits per heavy atom. The molecular weight excluding hydrogens is 266 g/mol. The third kappa shape index (κ3) is 3.71. The second kappa shape index (κ2) is 6.73. The van der Waals surface area contributed by atoms with Crippen LogP contribution < -0.4 is 0 Å². The van der Waals surface area contributed by atoms with Crippen LogP contribution in [-0.2, 0) is 13.6 Å². The average molecular weight is 283 g/mol. The van der Waals surface area contributed by atoms with Gasteiger partial charge in [0.15, 0.2) is 0 Å². The van der Waals surface area contributed by atoms with E-state index in [1.807, 2.05) is 24.3 Å². The van der Waals surface area contributed by atoms with Crippen molar-refractivity contribution in [2.24, 2.45) is 7.05 Å². The number of aromatic nitrogens is 2. The van der Waals surface area contributed by atoms with Gasteiger partial charge >= 0.3 is 0 Å². The highest BCUT2D eigenvalue weighted by Crippen LogP contribution is 2.09. The maximum Gasteiger partial charge on any atom is 0.272 e. The zero-order valence-corrected chi connectivity index (χ0v) is 12.1. The van der Waals surface area contributed by atoms with Gasteiger partial charge in [0.1, 0.15) is 12.3 Å². The Hall–Kier alpha value is -2.58. The summed E-state index contributed by atoms with van der Waals surface area (Å²) in [7, 11) is 3.50. The third-order valence-electron chi connectivity index (χ3n) is 3.07. The van der Waals surface area contributed by atoms with E-state index in [0.717, 1.165) is 11.1 Å². The minimum absolute atomic E-state index is 0.0702. The molecule has 0 atom stereocenters. The average Bonchev–Trinajstić information content (AvgIpc) is 2.92. The van der Waals surface area contributed by atoms with Gasteiger partial charge < -0.3 is 10.0 Å². The van der Waals surface area contributed by atoms with Gasteiger partial charge in [-0.05, 0) is 23.8 Å². The fraction of sp³-hybridized carbons (Fsp3) is 0.250. The Morgan fingerprint density at radius 1 is 1.33 bits per heavy atom. The van der Waals surface area contributed by atoms with Gasteiger partial charge in [-0.25, -0.2) is 0 Å². The lowest BCUT2D eigenvalue weighted by Crippen LogP contribution is -2.28. The lowest BCUT2D eigenvalue weighted by atomic mass is 10.1. The molecule has 0 bridgehead atoms. The molecular formula is C16H17N3O2. The fourth-order valence-corrected chi connectivity index (χ4v) is 1.96. The fourth-order valence-electron chi connectivity index (χ4n) is 1.96. The Bertz CT molecular complexity index is 678. The minimum Gasteiger partial charge on any atom is -0.384 e. The van der Waals surface area contributed by atoms with Crippen molar-refractivity contribution in [1.82, 2.24) is 14.7 Å². The largest absolute Gasteiger partial charge is 0.384 e. The number of carbonyl (C=O) groups is 1. The summed E-state index contributed by atoms with van der Waals surface area (Å²) >= 11 is 0. The Labute approximate surface area is 123 Å². The third-order valence-corrected chi connectivity index (χ3v) is 3.07. The van der Waals surface area contributed by atoms with Gasteiger partial charge in [-0.1, -0.05) is 24.0 Å². The van der Waals surface area contributed by atoms with E-state index in [1.165, 1.54) is 0 Å². The van der Waals surface area contributed by atoms with Crippen molar-refractivity contribution < 1.29 is 9.90 Å².